The van der Waals surface area contributed by atoms with Crippen molar-refractivity contribution in [3.63, 3.8) is 0 Å². The molecule has 3 aromatic rings. The number of carbonyl (C=O) groups is 1. The third kappa shape index (κ3) is 3.37. The number of pyridine rings is 1. The van der Waals surface area contributed by atoms with Crippen LogP contribution < -0.4 is 5.56 Å². The molecular formula is C22H23N5O2. The Labute approximate surface area is 168 Å². The molecule has 0 atom stereocenters. The maximum atomic E-state index is 13.1. The highest BCUT2D eigenvalue weighted by molar-refractivity contribution is 5.94. The van der Waals surface area contributed by atoms with Gasteiger partial charge in [0.1, 0.15) is 11.4 Å². The maximum absolute atomic E-state index is 13.1. The molecule has 1 amide bonds. The van der Waals surface area contributed by atoms with Gasteiger partial charge in [-0.15, -0.1) is 0 Å². The highest BCUT2D eigenvalue weighted by Gasteiger charge is 2.25. The number of nitrogens with one attached hydrogen (secondary N) is 1. The van der Waals surface area contributed by atoms with E-state index in [1.54, 1.807) is 4.90 Å². The SMILES string of the molecule is O=C(c1cc2c([nH]c1=O)CCCC2)N1CCc2nc(-c3ccccc3)nn2CC1. The summed E-state index contributed by atoms with van der Waals surface area (Å²) in [4.78, 5) is 34.9. The molecule has 2 aromatic heterocycles. The second kappa shape index (κ2) is 7.31. The molecule has 5 rings (SSSR count). The monoisotopic (exact) mass is 389 g/mol. The molecule has 0 spiro atoms. The lowest BCUT2D eigenvalue weighted by Gasteiger charge is -2.21. The number of aryl methyl sites for hydroxylation is 2. The fourth-order valence-electron chi connectivity index (χ4n) is 4.22. The van der Waals surface area contributed by atoms with Gasteiger partial charge in [-0.1, -0.05) is 30.3 Å². The first kappa shape index (κ1) is 17.8. The van der Waals surface area contributed by atoms with E-state index in [1.165, 1.54) is 0 Å². The van der Waals surface area contributed by atoms with Gasteiger partial charge in [-0.05, 0) is 37.3 Å². The van der Waals surface area contributed by atoms with E-state index in [-0.39, 0.29) is 17.0 Å². The predicted octanol–water partition coefficient (Wildman–Crippen LogP) is 2.21. The fraction of sp³-hybridized carbons (Fsp3) is 0.364. The number of aromatic nitrogens is 4. The zero-order valence-corrected chi connectivity index (χ0v) is 16.2. The number of hydrogen-bond acceptors (Lipinski definition) is 4. The molecule has 1 N–H and O–H groups in total. The highest BCUT2D eigenvalue weighted by Crippen LogP contribution is 2.20. The van der Waals surface area contributed by atoms with E-state index >= 15 is 0 Å². The molecular weight excluding hydrogens is 366 g/mol. The third-order valence-corrected chi connectivity index (χ3v) is 5.82. The molecule has 1 aromatic carbocycles. The average Bonchev–Trinajstić information content (AvgIpc) is 3.06. The van der Waals surface area contributed by atoms with Gasteiger partial charge in [0.25, 0.3) is 11.5 Å². The minimum absolute atomic E-state index is 0.200. The summed E-state index contributed by atoms with van der Waals surface area (Å²) in [6.45, 7) is 1.62. The first-order valence-electron chi connectivity index (χ1n) is 10.2. The van der Waals surface area contributed by atoms with Crippen LogP contribution in [0.3, 0.4) is 0 Å². The van der Waals surface area contributed by atoms with Crippen LogP contribution in [0.1, 0.15) is 40.3 Å². The summed E-state index contributed by atoms with van der Waals surface area (Å²) in [5, 5.41) is 4.62. The van der Waals surface area contributed by atoms with Gasteiger partial charge in [-0.25, -0.2) is 9.67 Å². The number of nitrogens with zero attached hydrogens (tertiary/aromatic N) is 4. The van der Waals surface area contributed by atoms with Crippen molar-refractivity contribution in [2.45, 2.75) is 38.6 Å². The smallest absolute Gasteiger partial charge is 0.261 e. The van der Waals surface area contributed by atoms with Crippen LogP contribution in [0.2, 0.25) is 0 Å². The lowest BCUT2D eigenvalue weighted by Crippen LogP contribution is -2.37. The summed E-state index contributed by atoms with van der Waals surface area (Å²) in [7, 11) is 0. The quantitative estimate of drug-likeness (QED) is 0.728. The van der Waals surface area contributed by atoms with Crippen LogP contribution >= 0.6 is 0 Å². The normalized spacial score (nSPS) is 16.1. The van der Waals surface area contributed by atoms with Crippen LogP contribution in [-0.2, 0) is 25.8 Å². The van der Waals surface area contributed by atoms with E-state index in [1.807, 2.05) is 41.1 Å². The van der Waals surface area contributed by atoms with Crippen LogP contribution in [-0.4, -0.2) is 43.6 Å². The Kier molecular flexibility index (Phi) is 4.50. The van der Waals surface area contributed by atoms with Gasteiger partial charge < -0.3 is 9.88 Å². The Hall–Kier alpha value is -3.22. The molecule has 1 aliphatic heterocycles. The number of amides is 1. The summed E-state index contributed by atoms with van der Waals surface area (Å²) in [6.07, 6.45) is 4.63. The molecule has 7 heteroatoms. The Morgan fingerprint density at radius 2 is 1.83 bits per heavy atom. The first-order chi connectivity index (χ1) is 14.2. The fourth-order valence-corrected chi connectivity index (χ4v) is 4.22. The van der Waals surface area contributed by atoms with Crippen molar-refractivity contribution >= 4 is 5.91 Å². The van der Waals surface area contributed by atoms with Crippen molar-refractivity contribution in [3.05, 3.63) is 69.4 Å². The largest absolute Gasteiger partial charge is 0.336 e. The standard InChI is InChI=1S/C22H23N5O2/c28-21-17(14-16-8-4-5-9-18(16)23-21)22(29)26-11-10-19-24-20(25-27(19)13-12-26)15-6-2-1-3-7-15/h1-3,6-7,14H,4-5,8-13H2,(H,23,28). The maximum Gasteiger partial charge on any atom is 0.261 e. The Morgan fingerprint density at radius 3 is 2.69 bits per heavy atom. The molecule has 1 aliphatic carbocycles. The van der Waals surface area contributed by atoms with E-state index < -0.39 is 0 Å². The molecule has 29 heavy (non-hydrogen) atoms. The molecule has 0 unspecified atom stereocenters. The Balaban J connectivity index is 1.35. The van der Waals surface area contributed by atoms with Crippen LogP contribution in [0.5, 0.6) is 0 Å². The van der Waals surface area contributed by atoms with Gasteiger partial charge in [0.15, 0.2) is 5.82 Å². The van der Waals surface area contributed by atoms with E-state index in [2.05, 4.69) is 15.1 Å². The summed E-state index contributed by atoms with van der Waals surface area (Å²) in [6, 6.07) is 11.7. The van der Waals surface area contributed by atoms with E-state index in [9.17, 15) is 9.59 Å². The minimum atomic E-state index is -0.276. The van der Waals surface area contributed by atoms with Crippen molar-refractivity contribution in [2.75, 3.05) is 13.1 Å². The molecule has 148 valence electrons. The second-order valence-corrected chi connectivity index (χ2v) is 7.71. The molecule has 0 fully saturated rings. The van der Waals surface area contributed by atoms with Gasteiger partial charge >= 0.3 is 0 Å². The van der Waals surface area contributed by atoms with Crippen molar-refractivity contribution in [1.29, 1.82) is 0 Å². The van der Waals surface area contributed by atoms with Crippen LogP contribution in [0.25, 0.3) is 11.4 Å². The molecule has 0 bridgehead atoms. The van der Waals surface area contributed by atoms with Gasteiger partial charge in [0, 0.05) is 30.8 Å². The molecule has 3 heterocycles. The van der Waals surface area contributed by atoms with E-state index in [0.717, 1.165) is 48.3 Å². The minimum Gasteiger partial charge on any atom is -0.336 e. The van der Waals surface area contributed by atoms with E-state index in [0.29, 0.717) is 31.9 Å². The van der Waals surface area contributed by atoms with Gasteiger partial charge in [-0.2, -0.15) is 5.10 Å². The van der Waals surface area contributed by atoms with Crippen LogP contribution in [0.4, 0.5) is 0 Å². The number of rotatable bonds is 2. The lowest BCUT2D eigenvalue weighted by atomic mass is 9.95. The number of H-pyrrole nitrogens is 1. The second-order valence-electron chi connectivity index (χ2n) is 7.71. The van der Waals surface area contributed by atoms with E-state index in [4.69, 9.17) is 0 Å². The summed E-state index contributed by atoms with van der Waals surface area (Å²) < 4.78 is 1.88. The van der Waals surface area contributed by atoms with Crippen molar-refractivity contribution in [1.82, 2.24) is 24.6 Å². The summed E-state index contributed by atoms with van der Waals surface area (Å²) in [5.74, 6) is 1.39. The number of benzene rings is 1. The summed E-state index contributed by atoms with van der Waals surface area (Å²) in [5.41, 5.74) is 3.06. The topological polar surface area (TPSA) is 83.9 Å². The number of carbonyl (C=O) groups excluding carboxylic acids is 1. The molecule has 0 saturated carbocycles. The van der Waals surface area contributed by atoms with Crippen LogP contribution in [0, 0.1) is 0 Å². The lowest BCUT2D eigenvalue weighted by molar-refractivity contribution is 0.0756. The highest BCUT2D eigenvalue weighted by atomic mass is 16.2. The van der Waals surface area contributed by atoms with Crippen molar-refractivity contribution in [3.8, 4) is 11.4 Å². The zero-order valence-electron chi connectivity index (χ0n) is 16.2. The molecule has 7 nitrogen and oxygen atoms in total. The molecule has 2 aliphatic rings. The van der Waals surface area contributed by atoms with Gasteiger partial charge in [-0.3, -0.25) is 9.59 Å². The Morgan fingerprint density at radius 1 is 1.00 bits per heavy atom. The average molecular weight is 389 g/mol. The van der Waals surface area contributed by atoms with Crippen molar-refractivity contribution < 1.29 is 4.79 Å². The van der Waals surface area contributed by atoms with Gasteiger partial charge in [0.2, 0.25) is 0 Å². The number of fused-ring (bicyclic) bond motifs is 2. The first-order valence-corrected chi connectivity index (χ1v) is 10.2. The predicted molar refractivity (Wildman–Crippen MR) is 109 cm³/mol. The Bertz CT molecular complexity index is 1090. The number of hydrogen-bond donors (Lipinski definition) is 1. The third-order valence-electron chi connectivity index (χ3n) is 5.82. The summed E-state index contributed by atoms with van der Waals surface area (Å²) >= 11 is 0. The van der Waals surface area contributed by atoms with Gasteiger partial charge in [0.05, 0.1) is 6.54 Å². The molecule has 0 radical (unpaired) electrons. The van der Waals surface area contributed by atoms with Crippen molar-refractivity contribution in [2.24, 2.45) is 0 Å². The zero-order chi connectivity index (χ0) is 19.8. The number of aromatic amines is 1. The van der Waals surface area contributed by atoms with Crippen LogP contribution in [0.15, 0.2) is 41.2 Å². The molecule has 0 saturated heterocycles.